The van der Waals surface area contributed by atoms with Gasteiger partial charge >= 0.3 is 0 Å². The van der Waals surface area contributed by atoms with Crippen molar-refractivity contribution in [2.24, 2.45) is 5.14 Å². The number of hydrogen-bond donors (Lipinski definition) is 2. The average Bonchev–Trinajstić information content (AvgIpc) is 2.13. The first-order chi connectivity index (χ1) is 8.14. The van der Waals surface area contributed by atoms with E-state index in [1.165, 1.54) is 0 Å². The maximum absolute atomic E-state index is 13.2. The van der Waals surface area contributed by atoms with Gasteiger partial charge in [0.25, 0.3) is 0 Å². The van der Waals surface area contributed by atoms with Gasteiger partial charge in [0.15, 0.2) is 0 Å². The van der Waals surface area contributed by atoms with Gasteiger partial charge in [-0.1, -0.05) is 6.92 Å². The largest absolute Gasteiger partial charge is 0.283 e. The molecule has 0 amide bonds. The minimum atomic E-state index is -4.09. The quantitative estimate of drug-likeness (QED) is 0.830. The number of halogens is 1. The highest BCUT2D eigenvalue weighted by molar-refractivity contribution is 7.92. The number of sulfonamides is 2. The molecule has 0 spiro atoms. The molecule has 0 heterocycles. The molecule has 0 aliphatic carbocycles. The Kier molecular flexibility index (Phi) is 4.30. The lowest BCUT2D eigenvalue weighted by Crippen LogP contribution is -2.17. The van der Waals surface area contributed by atoms with Crippen molar-refractivity contribution >= 4 is 25.7 Å². The zero-order chi connectivity index (χ0) is 14.0. The van der Waals surface area contributed by atoms with E-state index in [-0.39, 0.29) is 11.4 Å². The van der Waals surface area contributed by atoms with E-state index in [0.717, 1.165) is 12.1 Å². The van der Waals surface area contributed by atoms with E-state index >= 15 is 0 Å². The van der Waals surface area contributed by atoms with Gasteiger partial charge in [-0.2, -0.15) is 0 Å². The Bertz CT molecular complexity index is 641. The lowest BCUT2D eigenvalue weighted by atomic mass is 10.3. The van der Waals surface area contributed by atoms with Crippen LogP contribution in [0.4, 0.5) is 10.1 Å². The number of hydrogen-bond acceptors (Lipinski definition) is 4. The van der Waals surface area contributed by atoms with Crippen molar-refractivity contribution < 1.29 is 21.2 Å². The lowest BCUT2D eigenvalue weighted by molar-refractivity contribution is 0.591. The SMILES string of the molecule is CCCS(=O)(=O)Nc1cc(F)cc(S(N)(=O)=O)c1. The molecule has 1 rings (SSSR count). The Morgan fingerprint density at radius 2 is 1.83 bits per heavy atom. The zero-order valence-corrected chi connectivity index (χ0v) is 11.2. The van der Waals surface area contributed by atoms with Crippen LogP contribution in [-0.2, 0) is 20.0 Å². The van der Waals surface area contributed by atoms with Gasteiger partial charge in [-0.25, -0.2) is 26.4 Å². The van der Waals surface area contributed by atoms with Crippen LogP contribution in [0.25, 0.3) is 0 Å². The van der Waals surface area contributed by atoms with Crippen molar-refractivity contribution in [1.29, 1.82) is 0 Å². The van der Waals surface area contributed by atoms with Crippen molar-refractivity contribution in [3.05, 3.63) is 24.0 Å². The molecule has 0 saturated carbocycles. The van der Waals surface area contributed by atoms with E-state index in [0.29, 0.717) is 12.5 Å². The van der Waals surface area contributed by atoms with E-state index in [1.807, 2.05) is 0 Å². The Morgan fingerprint density at radius 1 is 1.22 bits per heavy atom. The van der Waals surface area contributed by atoms with Crippen LogP contribution in [0.15, 0.2) is 23.1 Å². The summed E-state index contributed by atoms with van der Waals surface area (Å²) < 4.78 is 60.3. The predicted octanol–water partition coefficient (Wildman–Crippen LogP) is 0.625. The third-order valence-electron chi connectivity index (χ3n) is 1.95. The highest BCUT2D eigenvalue weighted by Gasteiger charge is 2.14. The van der Waals surface area contributed by atoms with Crippen molar-refractivity contribution in [1.82, 2.24) is 0 Å². The number of nitrogens with two attached hydrogens (primary N) is 1. The van der Waals surface area contributed by atoms with Gasteiger partial charge in [0.1, 0.15) is 5.82 Å². The first kappa shape index (κ1) is 14.9. The van der Waals surface area contributed by atoms with E-state index in [9.17, 15) is 21.2 Å². The maximum Gasteiger partial charge on any atom is 0.238 e. The molecule has 0 fully saturated rings. The van der Waals surface area contributed by atoms with E-state index in [1.54, 1.807) is 6.92 Å². The minimum absolute atomic E-state index is 0.145. The van der Waals surface area contributed by atoms with Gasteiger partial charge in [0.2, 0.25) is 20.0 Å². The summed E-state index contributed by atoms with van der Waals surface area (Å²) in [4.78, 5) is -0.489. The molecule has 0 aliphatic heterocycles. The first-order valence-electron chi connectivity index (χ1n) is 4.98. The predicted molar refractivity (Wildman–Crippen MR) is 65.5 cm³/mol. The summed E-state index contributed by atoms with van der Waals surface area (Å²) in [7, 11) is -7.71. The summed E-state index contributed by atoms with van der Waals surface area (Å²) in [5.41, 5.74) is -0.174. The monoisotopic (exact) mass is 296 g/mol. The molecule has 9 heteroatoms. The van der Waals surface area contributed by atoms with Crippen LogP contribution in [0.5, 0.6) is 0 Å². The van der Waals surface area contributed by atoms with Crippen molar-refractivity contribution in [2.45, 2.75) is 18.2 Å². The summed E-state index contributed by atoms with van der Waals surface area (Å²) in [6, 6.07) is 2.56. The standard InChI is InChI=1S/C9H13FN2O4S2/c1-2-3-17(13,14)12-8-4-7(10)5-9(6-8)18(11,15)16/h4-6,12H,2-3H2,1H3,(H2,11,15,16). The van der Waals surface area contributed by atoms with E-state index in [2.05, 4.69) is 4.72 Å². The van der Waals surface area contributed by atoms with Crippen LogP contribution < -0.4 is 9.86 Å². The Hall–Kier alpha value is -1.19. The van der Waals surface area contributed by atoms with E-state index < -0.39 is 30.8 Å². The number of anilines is 1. The van der Waals surface area contributed by atoms with Crippen LogP contribution in [0.1, 0.15) is 13.3 Å². The molecule has 0 saturated heterocycles. The second-order valence-electron chi connectivity index (χ2n) is 3.64. The Balaban J connectivity index is 3.16. The molecule has 18 heavy (non-hydrogen) atoms. The number of rotatable bonds is 5. The highest BCUT2D eigenvalue weighted by atomic mass is 32.2. The molecule has 6 nitrogen and oxygen atoms in total. The Morgan fingerprint density at radius 3 is 2.33 bits per heavy atom. The number of benzene rings is 1. The van der Waals surface area contributed by atoms with E-state index in [4.69, 9.17) is 5.14 Å². The van der Waals surface area contributed by atoms with Crippen molar-refractivity contribution in [3.8, 4) is 0 Å². The fraction of sp³-hybridized carbons (Fsp3) is 0.333. The molecular weight excluding hydrogens is 283 g/mol. The highest BCUT2D eigenvalue weighted by Crippen LogP contribution is 2.18. The number of nitrogens with one attached hydrogen (secondary N) is 1. The molecule has 0 bridgehead atoms. The van der Waals surface area contributed by atoms with Gasteiger partial charge < -0.3 is 0 Å². The van der Waals surface area contributed by atoms with Crippen LogP contribution >= 0.6 is 0 Å². The summed E-state index contributed by atoms with van der Waals surface area (Å²) in [5, 5.41) is 4.85. The fourth-order valence-corrected chi connectivity index (χ4v) is 2.97. The second-order valence-corrected chi connectivity index (χ2v) is 7.04. The normalized spacial score (nSPS) is 12.4. The van der Waals surface area contributed by atoms with Gasteiger partial charge in [0.05, 0.1) is 16.3 Å². The van der Waals surface area contributed by atoms with Gasteiger partial charge in [-0.15, -0.1) is 0 Å². The number of primary sulfonamides is 1. The van der Waals surface area contributed by atoms with Crippen LogP contribution in [0.2, 0.25) is 0 Å². The smallest absolute Gasteiger partial charge is 0.238 e. The van der Waals surface area contributed by atoms with Gasteiger partial charge in [-0.05, 0) is 24.6 Å². The van der Waals surface area contributed by atoms with Gasteiger partial charge in [0, 0.05) is 0 Å². The first-order valence-corrected chi connectivity index (χ1v) is 8.18. The summed E-state index contributed by atoms with van der Waals surface area (Å²) in [6.45, 7) is 1.67. The fourth-order valence-electron chi connectivity index (χ4n) is 1.29. The van der Waals surface area contributed by atoms with Crippen molar-refractivity contribution in [2.75, 3.05) is 10.5 Å². The lowest BCUT2D eigenvalue weighted by Gasteiger charge is -2.08. The third kappa shape index (κ3) is 4.24. The minimum Gasteiger partial charge on any atom is -0.283 e. The third-order valence-corrected chi connectivity index (χ3v) is 4.33. The molecule has 3 N–H and O–H groups in total. The zero-order valence-electron chi connectivity index (χ0n) is 9.55. The second kappa shape index (κ2) is 5.21. The topological polar surface area (TPSA) is 106 Å². The molecule has 102 valence electrons. The maximum atomic E-state index is 13.2. The molecule has 0 atom stereocenters. The summed E-state index contributed by atoms with van der Waals surface area (Å²) in [5.74, 6) is -1.04. The average molecular weight is 296 g/mol. The molecule has 0 aliphatic rings. The van der Waals surface area contributed by atoms with Crippen LogP contribution in [0, 0.1) is 5.82 Å². The molecule has 1 aromatic rings. The molecule has 0 unspecified atom stereocenters. The molecule has 0 radical (unpaired) electrons. The molecule has 1 aromatic carbocycles. The van der Waals surface area contributed by atoms with Crippen LogP contribution in [0.3, 0.4) is 0 Å². The van der Waals surface area contributed by atoms with Crippen molar-refractivity contribution in [3.63, 3.8) is 0 Å². The molecular formula is C9H13FN2O4S2. The molecule has 0 aromatic heterocycles. The van der Waals surface area contributed by atoms with Crippen LogP contribution in [-0.4, -0.2) is 22.6 Å². The Labute approximate surface area is 105 Å². The summed E-state index contributed by atoms with van der Waals surface area (Å²) >= 11 is 0. The summed E-state index contributed by atoms with van der Waals surface area (Å²) in [6.07, 6.45) is 0.382. The van der Waals surface area contributed by atoms with Gasteiger partial charge in [-0.3, -0.25) is 4.72 Å².